The quantitative estimate of drug-likeness (QED) is 0.625. The van der Waals surface area contributed by atoms with E-state index in [1.54, 1.807) is 6.92 Å². The number of nitro benzene ring substituents is 1. The lowest BCUT2D eigenvalue weighted by atomic mass is 10.1. The summed E-state index contributed by atoms with van der Waals surface area (Å²) in [7, 11) is 0. The first-order valence-electron chi connectivity index (χ1n) is 5.89. The topological polar surface area (TPSA) is 126 Å². The molecule has 1 aromatic carbocycles. The van der Waals surface area contributed by atoms with E-state index in [0.29, 0.717) is 0 Å². The van der Waals surface area contributed by atoms with E-state index >= 15 is 0 Å². The number of rotatable bonds is 4. The highest BCUT2D eigenvalue weighted by Gasteiger charge is 2.24. The van der Waals surface area contributed by atoms with Gasteiger partial charge in [-0.05, 0) is 13.8 Å². The van der Waals surface area contributed by atoms with Crippen molar-refractivity contribution < 1.29 is 19.0 Å². The van der Waals surface area contributed by atoms with Crippen LogP contribution in [0.1, 0.15) is 12.5 Å². The van der Waals surface area contributed by atoms with Gasteiger partial charge in [-0.25, -0.2) is 0 Å². The summed E-state index contributed by atoms with van der Waals surface area (Å²) in [6.45, 7) is 3.07. The highest BCUT2D eigenvalue weighted by molar-refractivity contribution is 5.87. The Kier molecular flexibility index (Phi) is 3.57. The van der Waals surface area contributed by atoms with Gasteiger partial charge in [0.05, 0.1) is 23.7 Å². The van der Waals surface area contributed by atoms with Gasteiger partial charge in [-0.2, -0.15) is 0 Å². The van der Waals surface area contributed by atoms with Crippen LogP contribution in [-0.4, -0.2) is 16.5 Å². The number of fused-ring (bicyclic) bond motifs is 1. The van der Waals surface area contributed by atoms with Crippen molar-refractivity contribution >= 4 is 22.5 Å². The molecule has 0 aliphatic heterocycles. The van der Waals surface area contributed by atoms with E-state index in [1.165, 1.54) is 6.92 Å². The van der Waals surface area contributed by atoms with Gasteiger partial charge in [0, 0.05) is 0 Å². The lowest BCUT2D eigenvalue weighted by Crippen LogP contribution is -2.11. The fourth-order valence-electron chi connectivity index (χ4n) is 1.89. The number of hydrogen-bond acceptors (Lipinski definition) is 7. The number of benzene rings is 1. The summed E-state index contributed by atoms with van der Waals surface area (Å²) < 4.78 is 10.2. The molecule has 0 aliphatic carbocycles. The van der Waals surface area contributed by atoms with Crippen molar-refractivity contribution in [3.05, 3.63) is 48.1 Å². The Hall–Kier alpha value is -2.97. The average Bonchev–Trinajstić information content (AvgIpc) is 2.42. The molecule has 110 valence electrons. The third-order valence-electron chi connectivity index (χ3n) is 2.82. The van der Waals surface area contributed by atoms with Gasteiger partial charge >= 0.3 is 5.88 Å². The zero-order valence-electron chi connectivity index (χ0n) is 11.1. The average molecular weight is 294 g/mol. The van der Waals surface area contributed by atoms with Gasteiger partial charge in [0.25, 0.3) is 5.69 Å². The molecule has 21 heavy (non-hydrogen) atoms. The summed E-state index contributed by atoms with van der Waals surface area (Å²) in [6.07, 6.45) is 0. The molecule has 0 atom stereocenters. The molecular weight excluding hydrogens is 284 g/mol. The van der Waals surface area contributed by atoms with Crippen molar-refractivity contribution in [2.45, 2.75) is 13.8 Å². The van der Waals surface area contributed by atoms with Gasteiger partial charge in [0.2, 0.25) is 5.43 Å². The van der Waals surface area contributed by atoms with Crippen molar-refractivity contribution in [1.29, 1.82) is 0 Å². The van der Waals surface area contributed by atoms with Crippen molar-refractivity contribution in [1.82, 2.24) is 0 Å². The van der Waals surface area contributed by atoms with Gasteiger partial charge in [0.15, 0.2) is 5.58 Å². The molecule has 9 heteroatoms. The molecular formula is C12H10N2O7. The Balaban J connectivity index is 2.94. The first-order valence-corrected chi connectivity index (χ1v) is 5.89. The minimum Gasteiger partial charge on any atom is -0.493 e. The molecule has 0 bridgehead atoms. The maximum Gasteiger partial charge on any atom is 0.440 e. The van der Waals surface area contributed by atoms with E-state index in [9.17, 15) is 25.0 Å². The van der Waals surface area contributed by atoms with Crippen LogP contribution in [0.2, 0.25) is 0 Å². The highest BCUT2D eigenvalue weighted by Crippen LogP contribution is 2.32. The summed E-state index contributed by atoms with van der Waals surface area (Å²) in [6, 6.07) is 2.06. The largest absolute Gasteiger partial charge is 0.493 e. The molecule has 2 aromatic rings. The van der Waals surface area contributed by atoms with E-state index in [1.807, 2.05) is 0 Å². The van der Waals surface area contributed by atoms with Crippen LogP contribution in [0.3, 0.4) is 0 Å². The fourth-order valence-corrected chi connectivity index (χ4v) is 1.89. The third kappa shape index (κ3) is 2.40. The number of non-ortho nitro benzene ring substituents is 1. The van der Waals surface area contributed by atoms with Gasteiger partial charge < -0.3 is 9.15 Å². The number of ether oxygens (including phenoxy) is 1. The maximum absolute atomic E-state index is 12.2. The fraction of sp³-hybridized carbons (Fsp3) is 0.250. The first-order chi connectivity index (χ1) is 9.86. The van der Waals surface area contributed by atoms with Crippen LogP contribution in [0.4, 0.5) is 11.6 Å². The van der Waals surface area contributed by atoms with Crippen molar-refractivity contribution in [3.63, 3.8) is 0 Å². The first kappa shape index (κ1) is 14.4. The smallest absolute Gasteiger partial charge is 0.440 e. The van der Waals surface area contributed by atoms with Crippen molar-refractivity contribution in [2.24, 2.45) is 0 Å². The second kappa shape index (κ2) is 5.19. The molecule has 9 nitrogen and oxygen atoms in total. The molecule has 0 aliphatic rings. The number of nitro groups is 2. The molecule has 0 N–H and O–H groups in total. The second-order valence-electron chi connectivity index (χ2n) is 4.13. The van der Waals surface area contributed by atoms with Crippen molar-refractivity contribution in [2.75, 3.05) is 6.61 Å². The Morgan fingerprint density at radius 3 is 2.43 bits per heavy atom. The summed E-state index contributed by atoms with van der Waals surface area (Å²) >= 11 is 0. The van der Waals surface area contributed by atoms with Crippen LogP contribution >= 0.6 is 0 Å². The normalized spacial score (nSPS) is 10.6. The molecule has 1 heterocycles. The highest BCUT2D eigenvalue weighted by atomic mass is 16.6. The van der Waals surface area contributed by atoms with Gasteiger partial charge in [-0.3, -0.25) is 25.0 Å². The van der Waals surface area contributed by atoms with E-state index in [4.69, 9.17) is 9.15 Å². The van der Waals surface area contributed by atoms with Gasteiger partial charge in [-0.1, -0.05) is 0 Å². The summed E-state index contributed by atoms with van der Waals surface area (Å²) in [5.74, 6) is -0.774. The van der Waals surface area contributed by atoms with Crippen LogP contribution in [0.15, 0.2) is 21.3 Å². The molecule has 0 unspecified atom stereocenters. The standard InChI is InChI=1S/C12H10N2O7/c1-3-20-8-4-7(13(16)17)5-9-10(8)11(15)6(2)12(21-9)14(18)19/h4-5H,3H2,1-2H3. The predicted octanol–water partition coefficient (Wildman–Crippen LogP) is 2.32. The zero-order valence-corrected chi connectivity index (χ0v) is 11.1. The Morgan fingerprint density at radius 2 is 1.90 bits per heavy atom. The molecule has 0 saturated heterocycles. The summed E-state index contributed by atoms with van der Waals surface area (Å²) in [4.78, 5) is 32.4. The summed E-state index contributed by atoms with van der Waals surface area (Å²) in [5.41, 5.74) is -1.48. The number of nitrogens with zero attached hydrogens (tertiary/aromatic N) is 2. The Morgan fingerprint density at radius 1 is 1.24 bits per heavy atom. The van der Waals surface area contributed by atoms with Crippen LogP contribution in [0, 0.1) is 27.2 Å². The van der Waals surface area contributed by atoms with Crippen LogP contribution in [0.25, 0.3) is 11.0 Å². The Bertz CT molecular complexity index is 809. The molecule has 1 aromatic heterocycles. The molecule has 0 fully saturated rings. The van der Waals surface area contributed by atoms with Gasteiger partial charge in [0.1, 0.15) is 21.6 Å². The van der Waals surface area contributed by atoms with Crippen LogP contribution in [0.5, 0.6) is 5.75 Å². The summed E-state index contributed by atoms with van der Waals surface area (Å²) in [5, 5.41) is 21.7. The third-order valence-corrected chi connectivity index (χ3v) is 2.82. The van der Waals surface area contributed by atoms with E-state index in [2.05, 4.69) is 0 Å². The van der Waals surface area contributed by atoms with E-state index < -0.39 is 21.2 Å². The SMILES string of the molecule is CCOc1cc([N+](=O)[O-])cc2oc([N+](=O)[O-])c(C)c(=O)c12. The molecule has 0 radical (unpaired) electrons. The minimum absolute atomic E-state index is 0.0338. The van der Waals surface area contributed by atoms with Crippen LogP contribution in [-0.2, 0) is 0 Å². The van der Waals surface area contributed by atoms with Crippen LogP contribution < -0.4 is 10.2 Å². The predicted molar refractivity (Wildman–Crippen MR) is 71.7 cm³/mol. The molecule has 0 spiro atoms. The zero-order chi connectivity index (χ0) is 15.7. The van der Waals surface area contributed by atoms with E-state index in [-0.39, 0.29) is 34.6 Å². The maximum atomic E-state index is 12.2. The lowest BCUT2D eigenvalue weighted by Gasteiger charge is -2.07. The monoisotopic (exact) mass is 294 g/mol. The van der Waals surface area contributed by atoms with E-state index in [0.717, 1.165) is 12.1 Å². The minimum atomic E-state index is -0.852. The Labute approximate surface area is 117 Å². The molecule has 0 amide bonds. The molecule has 2 rings (SSSR count). The second-order valence-corrected chi connectivity index (χ2v) is 4.13. The van der Waals surface area contributed by atoms with Gasteiger partial charge in [-0.15, -0.1) is 0 Å². The molecule has 0 saturated carbocycles. The lowest BCUT2D eigenvalue weighted by molar-refractivity contribution is -0.402. The van der Waals surface area contributed by atoms with Crippen molar-refractivity contribution in [3.8, 4) is 5.75 Å². The number of hydrogen-bond donors (Lipinski definition) is 0.